The third-order valence-corrected chi connectivity index (χ3v) is 3.38. The van der Waals surface area contributed by atoms with Gasteiger partial charge in [0, 0.05) is 17.1 Å². The SMILES string of the molecule is CC(C)[C@@H]1Nc2ccccc2C1(C)C. The molecule has 1 aromatic carbocycles. The zero-order chi connectivity index (χ0) is 10.3. The fraction of sp³-hybridized carbons (Fsp3) is 0.538. The predicted octanol–water partition coefficient (Wildman–Crippen LogP) is 3.41. The van der Waals surface area contributed by atoms with E-state index in [0.29, 0.717) is 12.0 Å². The van der Waals surface area contributed by atoms with Crippen molar-refractivity contribution >= 4 is 5.69 Å². The first kappa shape index (κ1) is 9.57. The molecule has 1 aliphatic heterocycles. The van der Waals surface area contributed by atoms with Gasteiger partial charge in [-0.3, -0.25) is 0 Å². The zero-order valence-electron chi connectivity index (χ0n) is 9.46. The van der Waals surface area contributed by atoms with E-state index < -0.39 is 0 Å². The van der Waals surface area contributed by atoms with Crippen LogP contribution in [0.4, 0.5) is 5.69 Å². The summed E-state index contributed by atoms with van der Waals surface area (Å²) in [5.41, 5.74) is 3.03. The Morgan fingerprint density at radius 2 is 1.86 bits per heavy atom. The van der Waals surface area contributed by atoms with Crippen molar-refractivity contribution in [3.63, 3.8) is 0 Å². The number of anilines is 1. The van der Waals surface area contributed by atoms with Gasteiger partial charge in [-0.25, -0.2) is 0 Å². The first-order valence-corrected chi connectivity index (χ1v) is 5.39. The first-order valence-electron chi connectivity index (χ1n) is 5.39. The lowest BCUT2D eigenvalue weighted by molar-refractivity contribution is 0.373. The number of hydrogen-bond acceptors (Lipinski definition) is 1. The van der Waals surface area contributed by atoms with Crippen LogP contribution in [-0.2, 0) is 5.41 Å². The van der Waals surface area contributed by atoms with E-state index in [4.69, 9.17) is 0 Å². The largest absolute Gasteiger partial charge is 0.381 e. The van der Waals surface area contributed by atoms with E-state index in [1.807, 2.05) is 0 Å². The smallest absolute Gasteiger partial charge is 0.0381 e. The van der Waals surface area contributed by atoms with Crippen LogP contribution < -0.4 is 5.32 Å². The van der Waals surface area contributed by atoms with Gasteiger partial charge >= 0.3 is 0 Å². The highest BCUT2D eigenvalue weighted by Gasteiger charge is 2.40. The monoisotopic (exact) mass is 189 g/mol. The topological polar surface area (TPSA) is 12.0 Å². The normalized spacial score (nSPS) is 23.4. The summed E-state index contributed by atoms with van der Waals surface area (Å²) in [5.74, 6) is 0.664. The molecule has 0 unspecified atom stereocenters. The summed E-state index contributed by atoms with van der Waals surface area (Å²) in [6.07, 6.45) is 0. The van der Waals surface area contributed by atoms with E-state index in [1.165, 1.54) is 11.3 Å². The number of benzene rings is 1. The molecule has 0 aliphatic carbocycles. The number of hydrogen-bond donors (Lipinski definition) is 1. The van der Waals surface area contributed by atoms with Crippen molar-refractivity contribution in [1.82, 2.24) is 0 Å². The summed E-state index contributed by atoms with van der Waals surface area (Å²) in [6.45, 7) is 9.23. The van der Waals surface area contributed by atoms with Gasteiger partial charge < -0.3 is 5.32 Å². The maximum atomic E-state index is 3.62. The van der Waals surface area contributed by atoms with Crippen LogP contribution in [0.25, 0.3) is 0 Å². The molecule has 0 aromatic heterocycles. The number of fused-ring (bicyclic) bond motifs is 1. The summed E-state index contributed by atoms with van der Waals surface area (Å²) in [4.78, 5) is 0. The van der Waals surface area contributed by atoms with Crippen LogP contribution in [-0.4, -0.2) is 6.04 Å². The van der Waals surface area contributed by atoms with Crippen LogP contribution in [0.5, 0.6) is 0 Å². The van der Waals surface area contributed by atoms with Gasteiger partial charge in [0.15, 0.2) is 0 Å². The average molecular weight is 189 g/mol. The average Bonchev–Trinajstić information content (AvgIpc) is 2.39. The van der Waals surface area contributed by atoms with Gasteiger partial charge in [0.2, 0.25) is 0 Å². The van der Waals surface area contributed by atoms with Crippen molar-refractivity contribution < 1.29 is 0 Å². The van der Waals surface area contributed by atoms with Crippen LogP contribution in [0, 0.1) is 5.92 Å². The molecule has 1 atom stereocenters. The molecule has 0 saturated carbocycles. The lowest BCUT2D eigenvalue weighted by atomic mass is 9.76. The van der Waals surface area contributed by atoms with Crippen LogP contribution in [0.3, 0.4) is 0 Å². The highest BCUT2D eigenvalue weighted by Crippen LogP contribution is 2.42. The highest BCUT2D eigenvalue weighted by atomic mass is 15.0. The molecule has 76 valence electrons. The van der Waals surface area contributed by atoms with Crippen molar-refractivity contribution in [2.24, 2.45) is 5.92 Å². The number of rotatable bonds is 1. The Bertz CT molecular complexity index is 339. The van der Waals surface area contributed by atoms with Crippen LogP contribution in [0.1, 0.15) is 33.3 Å². The third-order valence-electron chi connectivity index (χ3n) is 3.38. The molecule has 1 N–H and O–H groups in total. The molecule has 0 fully saturated rings. The van der Waals surface area contributed by atoms with Gasteiger partial charge in [-0.15, -0.1) is 0 Å². The molecule has 1 nitrogen and oxygen atoms in total. The second kappa shape index (κ2) is 3.01. The maximum absolute atomic E-state index is 3.62. The van der Waals surface area contributed by atoms with Gasteiger partial charge in [-0.2, -0.15) is 0 Å². The Morgan fingerprint density at radius 1 is 1.21 bits per heavy atom. The minimum absolute atomic E-state index is 0.255. The number of para-hydroxylation sites is 1. The van der Waals surface area contributed by atoms with Crippen molar-refractivity contribution in [1.29, 1.82) is 0 Å². The van der Waals surface area contributed by atoms with Gasteiger partial charge in [-0.05, 0) is 17.5 Å². The second-order valence-corrected chi connectivity index (χ2v) is 5.13. The van der Waals surface area contributed by atoms with Gasteiger partial charge in [0.05, 0.1) is 0 Å². The first-order chi connectivity index (χ1) is 6.53. The zero-order valence-corrected chi connectivity index (χ0v) is 9.46. The Kier molecular flexibility index (Phi) is 2.06. The molecule has 0 amide bonds. The minimum Gasteiger partial charge on any atom is -0.381 e. The number of nitrogens with one attached hydrogen (secondary N) is 1. The van der Waals surface area contributed by atoms with E-state index in [1.54, 1.807) is 0 Å². The minimum atomic E-state index is 0.255. The second-order valence-electron chi connectivity index (χ2n) is 5.13. The van der Waals surface area contributed by atoms with Crippen molar-refractivity contribution in [2.75, 3.05) is 5.32 Å². The summed E-state index contributed by atoms with van der Waals surface area (Å²) >= 11 is 0. The summed E-state index contributed by atoms with van der Waals surface area (Å²) < 4.78 is 0. The van der Waals surface area contributed by atoms with E-state index in [9.17, 15) is 0 Å². The molecule has 1 heteroatoms. The molecule has 2 rings (SSSR count). The highest BCUT2D eigenvalue weighted by molar-refractivity contribution is 5.61. The lowest BCUT2D eigenvalue weighted by Gasteiger charge is -2.30. The molecule has 0 spiro atoms. The fourth-order valence-corrected chi connectivity index (χ4v) is 2.69. The van der Waals surface area contributed by atoms with Crippen molar-refractivity contribution in [3.05, 3.63) is 29.8 Å². The quantitative estimate of drug-likeness (QED) is 0.714. The Balaban J connectivity index is 2.45. The van der Waals surface area contributed by atoms with Gasteiger partial charge in [0.25, 0.3) is 0 Å². The molecule has 0 saturated heterocycles. The Morgan fingerprint density at radius 3 is 2.43 bits per heavy atom. The fourth-order valence-electron chi connectivity index (χ4n) is 2.69. The van der Waals surface area contributed by atoms with Crippen molar-refractivity contribution in [2.45, 2.75) is 39.2 Å². The van der Waals surface area contributed by atoms with E-state index >= 15 is 0 Å². The van der Waals surface area contributed by atoms with E-state index in [0.717, 1.165) is 0 Å². The molecule has 1 heterocycles. The summed E-state index contributed by atoms with van der Waals surface area (Å²) in [6, 6.07) is 9.21. The molecular formula is C13H19N. The van der Waals surface area contributed by atoms with Crippen LogP contribution in [0.2, 0.25) is 0 Å². The van der Waals surface area contributed by atoms with Crippen LogP contribution in [0.15, 0.2) is 24.3 Å². The summed E-state index contributed by atoms with van der Waals surface area (Å²) in [5, 5.41) is 3.62. The standard InChI is InChI=1S/C13H19N/c1-9(2)12-13(3,4)10-7-5-6-8-11(10)14-12/h5-9,12,14H,1-4H3/t12-/m0/s1. The summed E-state index contributed by atoms with van der Waals surface area (Å²) in [7, 11) is 0. The lowest BCUT2D eigenvalue weighted by Crippen LogP contribution is -2.37. The third kappa shape index (κ3) is 1.23. The Labute approximate surface area is 86.5 Å². The van der Waals surface area contributed by atoms with E-state index in [-0.39, 0.29) is 5.41 Å². The van der Waals surface area contributed by atoms with E-state index in [2.05, 4.69) is 57.3 Å². The maximum Gasteiger partial charge on any atom is 0.0381 e. The molecule has 1 aliphatic rings. The molecule has 0 radical (unpaired) electrons. The van der Waals surface area contributed by atoms with Crippen molar-refractivity contribution in [3.8, 4) is 0 Å². The van der Waals surface area contributed by atoms with Gasteiger partial charge in [0.1, 0.15) is 0 Å². The Hall–Kier alpha value is -0.980. The molecule has 0 bridgehead atoms. The van der Waals surface area contributed by atoms with Gasteiger partial charge in [-0.1, -0.05) is 45.9 Å². The predicted molar refractivity (Wildman–Crippen MR) is 61.7 cm³/mol. The molecular weight excluding hydrogens is 170 g/mol. The molecule has 1 aromatic rings. The van der Waals surface area contributed by atoms with Crippen LogP contribution >= 0.6 is 0 Å². The molecule has 14 heavy (non-hydrogen) atoms.